The molecule has 0 fully saturated rings. The Labute approximate surface area is 183 Å². The fourth-order valence-corrected chi connectivity index (χ4v) is 3.86. The summed E-state index contributed by atoms with van der Waals surface area (Å²) in [7, 11) is 5.70. The summed E-state index contributed by atoms with van der Waals surface area (Å²) in [6, 6.07) is 5.75. The third-order valence-electron chi connectivity index (χ3n) is 5.41. The van der Waals surface area contributed by atoms with Gasteiger partial charge in [0.05, 0.1) is 39.6 Å². The smallest absolute Gasteiger partial charge is 0.198 e. The van der Waals surface area contributed by atoms with E-state index in [-0.39, 0.29) is 45.3 Å². The molecular weight excluding hydrogens is 416 g/mol. The van der Waals surface area contributed by atoms with E-state index >= 15 is 0 Å². The Morgan fingerprint density at radius 1 is 0.594 bits per heavy atom. The Morgan fingerprint density at radius 2 is 0.969 bits per heavy atom. The van der Waals surface area contributed by atoms with Gasteiger partial charge in [-0.15, -0.1) is 0 Å². The van der Waals surface area contributed by atoms with Crippen molar-refractivity contribution in [2.24, 2.45) is 0 Å². The van der Waals surface area contributed by atoms with E-state index in [1.165, 1.54) is 52.7 Å². The first-order valence-electron chi connectivity index (χ1n) is 9.52. The maximum absolute atomic E-state index is 13.4. The second-order valence-corrected chi connectivity index (χ2v) is 7.05. The third-order valence-corrected chi connectivity index (χ3v) is 5.41. The highest BCUT2D eigenvalue weighted by molar-refractivity contribution is 6.26. The number of hydrogen-bond acceptors (Lipinski definition) is 8. The minimum atomic E-state index is -0.576. The highest BCUT2D eigenvalue weighted by Gasteiger charge is 2.35. The highest BCUT2D eigenvalue weighted by atomic mass is 16.5. The molecule has 2 aliphatic rings. The molecule has 2 aromatic rings. The van der Waals surface area contributed by atoms with E-state index < -0.39 is 11.6 Å². The quantitative estimate of drug-likeness (QED) is 0.701. The number of hydrogen-bond donors (Lipinski definition) is 2. The van der Waals surface area contributed by atoms with E-state index in [0.29, 0.717) is 22.6 Å². The molecule has 0 aliphatic heterocycles. The van der Waals surface area contributed by atoms with Gasteiger partial charge < -0.3 is 29.2 Å². The van der Waals surface area contributed by atoms with Crippen molar-refractivity contribution in [3.8, 4) is 23.0 Å². The Bertz CT molecular complexity index is 1170. The monoisotopic (exact) mass is 436 g/mol. The van der Waals surface area contributed by atoms with Crippen molar-refractivity contribution in [1.82, 2.24) is 0 Å². The van der Waals surface area contributed by atoms with Crippen LogP contribution in [-0.2, 0) is 9.47 Å². The third kappa shape index (κ3) is 3.08. The summed E-state index contributed by atoms with van der Waals surface area (Å²) in [5.74, 6) is -0.552. The SMILES string of the molecule is COC1=C/C(=C2\C=C(OC)c3cc(OC)cc(O)c3C2=O)C(=O)c2c(O)cc(OC)cc21. The van der Waals surface area contributed by atoms with Crippen LogP contribution in [0.4, 0.5) is 0 Å². The van der Waals surface area contributed by atoms with Gasteiger partial charge in [-0.1, -0.05) is 0 Å². The molecular formula is C24H20O8. The van der Waals surface area contributed by atoms with Crippen molar-refractivity contribution in [1.29, 1.82) is 0 Å². The van der Waals surface area contributed by atoms with Gasteiger partial charge in [0.25, 0.3) is 0 Å². The summed E-state index contributed by atoms with van der Waals surface area (Å²) < 4.78 is 21.2. The van der Waals surface area contributed by atoms with Crippen LogP contribution in [0.5, 0.6) is 23.0 Å². The number of allylic oxidation sites excluding steroid dienone is 4. The van der Waals surface area contributed by atoms with Crippen molar-refractivity contribution < 1.29 is 38.7 Å². The second-order valence-electron chi connectivity index (χ2n) is 7.05. The maximum atomic E-state index is 13.4. The summed E-state index contributed by atoms with van der Waals surface area (Å²) in [4.78, 5) is 26.7. The van der Waals surface area contributed by atoms with Gasteiger partial charge in [-0.05, 0) is 24.3 Å². The van der Waals surface area contributed by atoms with E-state index in [2.05, 4.69) is 0 Å². The standard InChI is InChI=1S/C24H20O8/c1-29-11-5-15-19(31-3)9-13(23(27)21(15)17(25)7-11)14-10-20(32-4)16-6-12(30-2)8-18(26)22(16)24(14)28/h5-10,25-26H,1-4H3/b14-13-. The minimum absolute atomic E-state index is 0.00441. The van der Waals surface area contributed by atoms with Crippen molar-refractivity contribution in [2.45, 2.75) is 0 Å². The van der Waals surface area contributed by atoms with Gasteiger partial charge in [-0.2, -0.15) is 0 Å². The highest BCUT2D eigenvalue weighted by Crippen LogP contribution is 2.43. The fourth-order valence-electron chi connectivity index (χ4n) is 3.86. The molecule has 0 radical (unpaired) electrons. The second kappa shape index (κ2) is 7.81. The minimum Gasteiger partial charge on any atom is -0.507 e. The first-order chi connectivity index (χ1) is 15.3. The predicted octanol–water partition coefficient (Wildman–Crippen LogP) is 3.48. The molecule has 0 spiro atoms. The molecule has 0 saturated heterocycles. The molecule has 8 nitrogen and oxygen atoms in total. The van der Waals surface area contributed by atoms with E-state index in [9.17, 15) is 19.8 Å². The summed E-state index contributed by atoms with van der Waals surface area (Å²) in [5, 5.41) is 21.0. The molecule has 2 aromatic carbocycles. The summed E-state index contributed by atoms with van der Waals surface area (Å²) in [5.41, 5.74) is 0.636. The molecule has 8 heteroatoms. The maximum Gasteiger partial charge on any atom is 0.198 e. The van der Waals surface area contributed by atoms with Crippen LogP contribution in [0.2, 0.25) is 0 Å². The zero-order valence-corrected chi connectivity index (χ0v) is 17.8. The number of ether oxygens (including phenoxy) is 4. The van der Waals surface area contributed by atoms with Crippen LogP contribution in [0.25, 0.3) is 11.5 Å². The molecule has 0 amide bonds. The number of ketones is 2. The molecule has 32 heavy (non-hydrogen) atoms. The molecule has 2 aliphatic carbocycles. The number of methoxy groups -OCH3 is 4. The van der Waals surface area contributed by atoms with Crippen LogP contribution < -0.4 is 9.47 Å². The van der Waals surface area contributed by atoms with Crippen LogP contribution in [-0.4, -0.2) is 50.2 Å². The lowest BCUT2D eigenvalue weighted by Gasteiger charge is -2.24. The number of rotatable bonds is 4. The van der Waals surface area contributed by atoms with Gasteiger partial charge in [0.2, 0.25) is 0 Å². The Hall–Kier alpha value is -4.20. The summed E-state index contributed by atoms with van der Waals surface area (Å²) in [6.45, 7) is 0. The van der Waals surface area contributed by atoms with Crippen LogP contribution >= 0.6 is 0 Å². The lowest BCUT2D eigenvalue weighted by molar-refractivity contribution is 0.0998. The van der Waals surface area contributed by atoms with E-state index in [1.807, 2.05) is 0 Å². The molecule has 0 atom stereocenters. The first kappa shape index (κ1) is 21.0. The molecule has 2 N–H and O–H groups in total. The van der Waals surface area contributed by atoms with Crippen molar-refractivity contribution in [2.75, 3.05) is 28.4 Å². The van der Waals surface area contributed by atoms with Crippen molar-refractivity contribution >= 4 is 23.1 Å². The largest absolute Gasteiger partial charge is 0.507 e. The van der Waals surface area contributed by atoms with E-state index in [4.69, 9.17) is 18.9 Å². The van der Waals surface area contributed by atoms with Gasteiger partial charge in [0, 0.05) is 34.4 Å². The fraction of sp³-hybridized carbons (Fsp3) is 0.167. The zero-order chi connectivity index (χ0) is 23.2. The van der Waals surface area contributed by atoms with E-state index in [0.717, 1.165) is 0 Å². The van der Waals surface area contributed by atoms with Crippen molar-refractivity contribution in [3.63, 3.8) is 0 Å². The number of carbonyl (C=O) groups is 2. The first-order valence-corrected chi connectivity index (χ1v) is 9.52. The summed E-state index contributed by atoms with van der Waals surface area (Å²) >= 11 is 0. The van der Waals surface area contributed by atoms with Gasteiger partial charge in [-0.25, -0.2) is 0 Å². The molecule has 0 bridgehead atoms. The average Bonchev–Trinajstić information content (AvgIpc) is 2.79. The lowest BCUT2D eigenvalue weighted by atomic mass is 9.82. The Morgan fingerprint density at radius 3 is 1.28 bits per heavy atom. The molecule has 0 saturated carbocycles. The van der Waals surface area contributed by atoms with Gasteiger partial charge in [0.15, 0.2) is 11.6 Å². The number of benzene rings is 2. The number of phenols is 2. The Kier molecular flexibility index (Phi) is 5.14. The normalized spacial score (nSPS) is 17.1. The lowest BCUT2D eigenvalue weighted by Crippen LogP contribution is -2.20. The average molecular weight is 436 g/mol. The molecule has 0 heterocycles. The molecule has 0 unspecified atom stereocenters. The van der Waals surface area contributed by atoms with Crippen molar-refractivity contribution in [3.05, 3.63) is 69.8 Å². The van der Waals surface area contributed by atoms with Crippen LogP contribution in [0, 0.1) is 0 Å². The number of phenolic OH excluding ortho intramolecular Hbond substituents is 2. The number of fused-ring (bicyclic) bond motifs is 2. The van der Waals surface area contributed by atoms with Gasteiger partial charge in [0.1, 0.15) is 34.5 Å². The topological polar surface area (TPSA) is 112 Å². The Balaban J connectivity index is 1.99. The molecule has 0 aromatic heterocycles. The van der Waals surface area contributed by atoms with Crippen LogP contribution in [0.3, 0.4) is 0 Å². The summed E-state index contributed by atoms with van der Waals surface area (Å²) in [6.07, 6.45) is 2.85. The van der Waals surface area contributed by atoms with Gasteiger partial charge in [-0.3, -0.25) is 9.59 Å². The predicted molar refractivity (Wildman–Crippen MR) is 115 cm³/mol. The molecule has 4 rings (SSSR count). The number of aromatic hydroxyl groups is 2. The zero-order valence-electron chi connectivity index (χ0n) is 17.8. The number of Topliss-reactive ketones (excluding diaryl/α,β-unsaturated/α-hetero) is 2. The van der Waals surface area contributed by atoms with Gasteiger partial charge >= 0.3 is 0 Å². The van der Waals surface area contributed by atoms with Crippen LogP contribution in [0.15, 0.2) is 47.6 Å². The van der Waals surface area contributed by atoms with Crippen LogP contribution in [0.1, 0.15) is 31.8 Å². The number of carbonyl (C=O) groups excluding carboxylic acids is 2. The molecule has 164 valence electrons. The van der Waals surface area contributed by atoms with E-state index in [1.54, 1.807) is 12.1 Å².